The van der Waals surface area contributed by atoms with Crippen LogP contribution in [-0.2, 0) is 17.8 Å². The number of alkyl carbamates (subject to hydrolysis) is 1. The van der Waals surface area contributed by atoms with Crippen molar-refractivity contribution < 1.29 is 23.9 Å². The first-order valence-corrected chi connectivity index (χ1v) is 11.2. The van der Waals surface area contributed by atoms with Crippen molar-refractivity contribution >= 4 is 18.0 Å². The fourth-order valence-corrected chi connectivity index (χ4v) is 3.39. The molecule has 34 heavy (non-hydrogen) atoms. The third-order valence-corrected chi connectivity index (χ3v) is 5.35. The van der Waals surface area contributed by atoms with Crippen molar-refractivity contribution in [1.82, 2.24) is 10.6 Å². The van der Waals surface area contributed by atoms with Crippen molar-refractivity contribution in [2.75, 3.05) is 0 Å². The topological polar surface area (TPSA) is 93.7 Å². The zero-order chi connectivity index (χ0) is 23.8. The second kappa shape index (κ2) is 11.1. The number of carbonyl (C=O) groups excluding carboxylic acids is 3. The first-order valence-electron chi connectivity index (χ1n) is 11.2. The Labute approximate surface area is 198 Å². The molecule has 0 aliphatic heterocycles. The van der Waals surface area contributed by atoms with Gasteiger partial charge in [0.2, 0.25) is 0 Å². The Kier molecular flexibility index (Phi) is 7.55. The summed E-state index contributed by atoms with van der Waals surface area (Å²) < 4.78 is 10.6. The van der Waals surface area contributed by atoms with E-state index in [-0.39, 0.29) is 18.4 Å². The van der Waals surface area contributed by atoms with Crippen LogP contribution in [0.5, 0.6) is 5.75 Å². The molecule has 0 aromatic heterocycles. The van der Waals surface area contributed by atoms with Crippen LogP contribution in [0.25, 0.3) is 0 Å². The number of hydrogen-bond acceptors (Lipinski definition) is 5. The molecule has 1 aliphatic rings. The maximum Gasteiger partial charge on any atom is 0.412 e. The Hall–Kier alpha value is -4.13. The van der Waals surface area contributed by atoms with Crippen LogP contribution in [0, 0.1) is 0 Å². The SMILES string of the molecule is O=C(N[C@@H](Cc1ccccc1)C(=O)c1ccc(OC(=O)NC2CC2)cc1)OCc1ccccc1. The highest BCUT2D eigenvalue weighted by molar-refractivity contribution is 6.01. The number of nitrogens with one attached hydrogen (secondary N) is 2. The Balaban J connectivity index is 1.41. The minimum atomic E-state index is -0.824. The van der Waals surface area contributed by atoms with Gasteiger partial charge in [-0.2, -0.15) is 0 Å². The van der Waals surface area contributed by atoms with E-state index in [1.54, 1.807) is 24.3 Å². The lowest BCUT2D eigenvalue weighted by atomic mass is 9.97. The summed E-state index contributed by atoms with van der Waals surface area (Å²) in [6.07, 6.45) is 1.06. The van der Waals surface area contributed by atoms with E-state index in [4.69, 9.17) is 9.47 Å². The van der Waals surface area contributed by atoms with E-state index < -0.39 is 18.2 Å². The van der Waals surface area contributed by atoms with Gasteiger partial charge in [-0.1, -0.05) is 60.7 Å². The van der Waals surface area contributed by atoms with Crippen molar-refractivity contribution in [3.8, 4) is 5.75 Å². The second-order valence-corrected chi connectivity index (χ2v) is 8.15. The molecular formula is C27H26N2O5. The maximum atomic E-state index is 13.3. The molecule has 7 nitrogen and oxygen atoms in total. The van der Waals surface area contributed by atoms with Gasteiger partial charge >= 0.3 is 12.2 Å². The number of benzene rings is 3. The summed E-state index contributed by atoms with van der Waals surface area (Å²) in [6.45, 7) is 0.105. The lowest BCUT2D eigenvalue weighted by molar-refractivity contribution is 0.0916. The Morgan fingerprint density at radius 3 is 2.03 bits per heavy atom. The quantitative estimate of drug-likeness (QED) is 0.455. The van der Waals surface area contributed by atoms with E-state index in [1.165, 1.54) is 0 Å². The van der Waals surface area contributed by atoms with E-state index in [0.29, 0.717) is 17.7 Å². The van der Waals surface area contributed by atoms with Crippen LogP contribution in [0.4, 0.5) is 9.59 Å². The lowest BCUT2D eigenvalue weighted by Crippen LogP contribution is -2.42. The molecule has 7 heteroatoms. The average Bonchev–Trinajstić information content (AvgIpc) is 3.67. The molecule has 1 atom stereocenters. The van der Waals surface area contributed by atoms with Crippen LogP contribution in [0.3, 0.4) is 0 Å². The summed E-state index contributed by atoms with van der Waals surface area (Å²) in [5, 5.41) is 5.44. The molecule has 3 aromatic carbocycles. The Morgan fingerprint density at radius 2 is 1.41 bits per heavy atom. The monoisotopic (exact) mass is 458 g/mol. The average molecular weight is 459 g/mol. The van der Waals surface area contributed by atoms with Gasteiger partial charge in [0, 0.05) is 18.0 Å². The molecule has 2 amide bonds. The number of hydrogen-bond donors (Lipinski definition) is 2. The van der Waals surface area contributed by atoms with Gasteiger partial charge in [0.25, 0.3) is 0 Å². The molecule has 3 aromatic rings. The molecule has 1 saturated carbocycles. The molecule has 1 aliphatic carbocycles. The summed E-state index contributed by atoms with van der Waals surface area (Å²) in [4.78, 5) is 37.5. The van der Waals surface area contributed by atoms with Gasteiger partial charge in [-0.05, 0) is 48.2 Å². The van der Waals surface area contributed by atoms with Crippen molar-refractivity contribution in [2.45, 2.75) is 38.0 Å². The van der Waals surface area contributed by atoms with Gasteiger partial charge in [-0.3, -0.25) is 4.79 Å². The summed E-state index contributed by atoms with van der Waals surface area (Å²) in [6, 6.07) is 24.4. The van der Waals surface area contributed by atoms with Crippen LogP contribution in [0.15, 0.2) is 84.9 Å². The van der Waals surface area contributed by atoms with Crippen molar-refractivity contribution in [3.63, 3.8) is 0 Å². The van der Waals surface area contributed by atoms with E-state index in [2.05, 4.69) is 10.6 Å². The fourth-order valence-electron chi connectivity index (χ4n) is 3.39. The van der Waals surface area contributed by atoms with Gasteiger partial charge in [0.1, 0.15) is 12.4 Å². The molecule has 4 rings (SSSR count). The van der Waals surface area contributed by atoms with Crippen LogP contribution < -0.4 is 15.4 Å². The van der Waals surface area contributed by atoms with Gasteiger partial charge in [-0.25, -0.2) is 9.59 Å². The molecular weight excluding hydrogens is 432 g/mol. The molecule has 0 bridgehead atoms. The van der Waals surface area contributed by atoms with Gasteiger partial charge in [-0.15, -0.1) is 0 Å². The summed E-state index contributed by atoms with van der Waals surface area (Å²) >= 11 is 0. The largest absolute Gasteiger partial charge is 0.445 e. The number of ketones is 1. The van der Waals surface area contributed by atoms with Crippen molar-refractivity contribution in [1.29, 1.82) is 0 Å². The molecule has 0 heterocycles. The third kappa shape index (κ3) is 6.93. The standard InChI is InChI=1S/C27H26N2O5/c30-25(21-11-15-23(16-12-21)34-27(32)28-22-13-14-22)24(17-19-7-3-1-4-8-19)29-26(31)33-18-20-9-5-2-6-10-20/h1-12,15-16,22,24H,13-14,17-18H2,(H,28,32)(H,29,31)/t24-/m0/s1. The molecule has 0 unspecified atom stereocenters. The smallest absolute Gasteiger partial charge is 0.412 e. The van der Waals surface area contributed by atoms with Crippen LogP contribution >= 0.6 is 0 Å². The highest BCUT2D eigenvalue weighted by atomic mass is 16.6. The summed E-state index contributed by atoms with van der Waals surface area (Å²) in [5.41, 5.74) is 2.14. The molecule has 0 radical (unpaired) electrons. The number of amides is 2. The number of rotatable bonds is 9. The molecule has 2 N–H and O–H groups in total. The zero-order valence-corrected chi connectivity index (χ0v) is 18.6. The highest BCUT2D eigenvalue weighted by Gasteiger charge is 2.25. The van der Waals surface area contributed by atoms with E-state index in [9.17, 15) is 14.4 Å². The minimum Gasteiger partial charge on any atom is -0.445 e. The van der Waals surface area contributed by atoms with Crippen LogP contribution in [0.2, 0.25) is 0 Å². The van der Waals surface area contributed by atoms with Crippen molar-refractivity contribution in [2.24, 2.45) is 0 Å². The minimum absolute atomic E-state index is 0.105. The molecule has 0 spiro atoms. The summed E-state index contributed by atoms with van der Waals surface area (Å²) in [7, 11) is 0. The van der Waals surface area contributed by atoms with Gasteiger partial charge in [0.15, 0.2) is 5.78 Å². The van der Waals surface area contributed by atoms with Crippen LogP contribution in [0.1, 0.15) is 34.3 Å². The highest BCUT2D eigenvalue weighted by Crippen LogP contribution is 2.20. The maximum absolute atomic E-state index is 13.3. The van der Waals surface area contributed by atoms with Crippen LogP contribution in [-0.4, -0.2) is 30.1 Å². The normalized spacial score (nSPS) is 13.4. The Morgan fingerprint density at radius 1 is 0.794 bits per heavy atom. The Bertz CT molecular complexity index is 1110. The third-order valence-electron chi connectivity index (χ3n) is 5.35. The fraction of sp³-hybridized carbons (Fsp3) is 0.222. The molecule has 0 saturated heterocycles. The van der Waals surface area contributed by atoms with E-state index >= 15 is 0 Å². The van der Waals surface area contributed by atoms with E-state index in [0.717, 1.165) is 24.0 Å². The van der Waals surface area contributed by atoms with Gasteiger partial charge < -0.3 is 20.1 Å². The van der Waals surface area contributed by atoms with E-state index in [1.807, 2.05) is 60.7 Å². The molecule has 174 valence electrons. The summed E-state index contributed by atoms with van der Waals surface area (Å²) in [5.74, 6) is 0.0686. The predicted molar refractivity (Wildman–Crippen MR) is 127 cm³/mol. The number of Topliss-reactive ketones (excluding diaryl/α,β-unsaturated/α-hetero) is 1. The lowest BCUT2D eigenvalue weighted by Gasteiger charge is -2.18. The first-order chi connectivity index (χ1) is 16.6. The number of ether oxygens (including phenoxy) is 2. The zero-order valence-electron chi connectivity index (χ0n) is 18.6. The van der Waals surface area contributed by atoms with Crippen molar-refractivity contribution in [3.05, 3.63) is 102 Å². The number of carbonyl (C=O) groups is 3. The second-order valence-electron chi connectivity index (χ2n) is 8.15. The van der Waals surface area contributed by atoms with Gasteiger partial charge in [0.05, 0.1) is 6.04 Å². The first kappa shape index (κ1) is 23.0. The predicted octanol–water partition coefficient (Wildman–Crippen LogP) is 4.66. The molecule has 1 fully saturated rings.